The second-order valence-corrected chi connectivity index (χ2v) is 24.5. The van der Waals surface area contributed by atoms with Crippen molar-refractivity contribution in [2.75, 3.05) is 0 Å². The number of benzene rings is 14. The van der Waals surface area contributed by atoms with E-state index in [0.717, 1.165) is 138 Å². The summed E-state index contributed by atoms with van der Waals surface area (Å²) in [4.78, 5) is 16.6. The Kier molecular flexibility index (Phi) is 14.5. The summed E-state index contributed by atoms with van der Waals surface area (Å²) in [5.74, 6) is 1.20. The lowest BCUT2D eigenvalue weighted by molar-refractivity contribution is 1.07. The fourth-order valence-electron chi connectivity index (χ4n) is 14.0. The molecule has 0 fully saturated rings. The van der Waals surface area contributed by atoms with Crippen molar-refractivity contribution in [3.8, 4) is 142 Å². The fourth-order valence-corrected chi connectivity index (χ4v) is 14.0. The van der Waals surface area contributed by atoms with E-state index >= 15 is 0 Å². The molecule has 14 aromatic carbocycles. The summed E-state index contributed by atoms with van der Waals surface area (Å²) >= 11 is 0. The molecule has 0 N–H and O–H groups in total. The van der Waals surface area contributed by atoms with Crippen molar-refractivity contribution in [3.05, 3.63) is 344 Å². The van der Waals surface area contributed by atoms with Gasteiger partial charge in [-0.05, 0) is 181 Å². The number of rotatable bonds is 12. The van der Waals surface area contributed by atoms with Crippen molar-refractivity contribution < 1.29 is 0 Å². The van der Waals surface area contributed by atoms with Gasteiger partial charge in [0.25, 0.3) is 0 Å². The molecule has 0 atom stereocenters. The minimum atomic E-state index is 0.392. The van der Waals surface area contributed by atoms with Crippen molar-refractivity contribution in [2.45, 2.75) is 0 Å². The molecule has 8 nitrogen and oxygen atoms in total. The lowest BCUT2D eigenvalue weighted by Crippen LogP contribution is -2.03. The third kappa shape index (κ3) is 10.5. The van der Waals surface area contributed by atoms with Crippen LogP contribution in [0.15, 0.2) is 328 Å². The lowest BCUT2D eigenvalue weighted by atomic mass is 9.97. The Morgan fingerprint density at radius 3 is 0.776 bits per heavy atom. The molecular formula is C90H54N8. The molecule has 8 heteroatoms. The molecule has 0 unspecified atom stereocenters. The second-order valence-electron chi connectivity index (χ2n) is 24.5. The Labute approximate surface area is 566 Å². The molecule has 0 radical (unpaired) electrons. The van der Waals surface area contributed by atoms with E-state index in [1.165, 1.54) is 0 Å². The second kappa shape index (κ2) is 24.6. The molecule has 0 aliphatic heterocycles. The van der Waals surface area contributed by atoms with E-state index in [2.05, 4.69) is 234 Å². The Hall–Kier alpha value is -13.8. The summed E-state index contributed by atoms with van der Waals surface area (Å²) in [6.45, 7) is 0. The maximum Gasteiger partial charge on any atom is 0.164 e. The van der Waals surface area contributed by atoms with Gasteiger partial charge < -0.3 is 9.13 Å². The van der Waals surface area contributed by atoms with Crippen molar-refractivity contribution in [1.82, 2.24) is 24.1 Å². The van der Waals surface area contributed by atoms with Gasteiger partial charge in [0.2, 0.25) is 0 Å². The molecule has 3 heterocycles. The maximum absolute atomic E-state index is 10.8. The molecule has 0 saturated heterocycles. The molecule has 0 aliphatic carbocycles. The van der Waals surface area contributed by atoms with Crippen molar-refractivity contribution in [2.24, 2.45) is 0 Å². The van der Waals surface area contributed by atoms with Gasteiger partial charge in [-0.1, -0.05) is 224 Å². The highest BCUT2D eigenvalue weighted by molar-refractivity contribution is 6.13. The van der Waals surface area contributed by atoms with Crippen LogP contribution in [-0.4, -0.2) is 24.1 Å². The molecule has 0 bridgehead atoms. The van der Waals surface area contributed by atoms with E-state index in [1.54, 1.807) is 0 Å². The molecule has 0 saturated carbocycles. The van der Waals surface area contributed by atoms with Gasteiger partial charge in [0.05, 0.1) is 57.0 Å². The summed E-state index contributed by atoms with van der Waals surface area (Å²) in [6, 6.07) is 120. The Bertz CT molecular complexity index is 5610. The molecular weight excluding hydrogens is 1190 g/mol. The highest BCUT2D eigenvalue weighted by Crippen LogP contribution is 2.43. The van der Waals surface area contributed by atoms with E-state index in [1.807, 2.05) is 121 Å². The quantitative estimate of drug-likeness (QED) is 0.120. The van der Waals surface area contributed by atoms with Crippen LogP contribution in [0.25, 0.3) is 167 Å². The van der Waals surface area contributed by atoms with Crippen molar-refractivity contribution in [3.63, 3.8) is 0 Å². The highest BCUT2D eigenvalue weighted by Gasteiger charge is 2.23. The van der Waals surface area contributed by atoms with Crippen LogP contribution in [0.4, 0.5) is 0 Å². The summed E-state index contributed by atoms with van der Waals surface area (Å²) in [6.07, 6.45) is 0. The number of nitriles is 3. The Morgan fingerprint density at radius 2 is 0.459 bits per heavy atom. The first kappa shape index (κ1) is 58.0. The predicted molar refractivity (Wildman–Crippen MR) is 397 cm³/mol. The topological polar surface area (TPSA) is 120 Å². The molecule has 454 valence electrons. The monoisotopic (exact) mass is 1250 g/mol. The Balaban J connectivity index is 0.927. The van der Waals surface area contributed by atoms with Gasteiger partial charge >= 0.3 is 0 Å². The van der Waals surface area contributed by atoms with Crippen LogP contribution < -0.4 is 0 Å². The van der Waals surface area contributed by atoms with Crippen molar-refractivity contribution >= 4 is 43.6 Å². The molecule has 0 aliphatic rings. The first-order valence-electron chi connectivity index (χ1n) is 32.5. The standard InChI is InChI=1S/C90H54N8/c91-55-68-27-13-16-30-77(68)62-33-35-63(36-34-62)88-94-89(73-45-71(78-31-17-14-28-69(78)56-92)47-75(49-73)97-84-41-37-64(58-19-5-1-6-20-58)51-80(84)81-52-65(38-42-85(81)97)59-21-7-2-8-22-59)96-90(95-88)74-46-72(79-32-18-15-29-70(79)57-93)48-76(50-74)98-86-43-39-66(60-23-9-3-10-24-60)53-82(86)83-54-67(40-44-87(83)98)61-25-11-4-12-26-61/h1-54H. The Morgan fingerprint density at radius 1 is 0.204 bits per heavy atom. The van der Waals surface area contributed by atoms with E-state index in [9.17, 15) is 15.8 Å². The SMILES string of the molecule is N#Cc1ccccc1-c1ccc(-c2nc(-c3cc(-c4ccccc4C#N)cc(-n4c5ccc(-c6ccccc6)cc5c5cc(-c6ccccc6)ccc54)c3)nc(-c3cc(-c4ccccc4C#N)cc(-n4c5ccc(-c6ccccc6)cc5c5cc(-c6ccccc6)ccc54)c3)n2)cc1. The smallest absolute Gasteiger partial charge is 0.164 e. The lowest BCUT2D eigenvalue weighted by Gasteiger charge is -2.16. The zero-order valence-corrected chi connectivity index (χ0v) is 52.8. The van der Waals surface area contributed by atoms with Gasteiger partial charge in [0.15, 0.2) is 17.5 Å². The normalized spacial score (nSPS) is 11.2. The van der Waals surface area contributed by atoms with Crippen LogP contribution >= 0.6 is 0 Å². The van der Waals surface area contributed by atoms with Crippen molar-refractivity contribution in [1.29, 1.82) is 15.8 Å². The van der Waals surface area contributed by atoms with E-state index < -0.39 is 0 Å². The average Bonchev–Trinajstić information content (AvgIpc) is 1.59. The highest BCUT2D eigenvalue weighted by atomic mass is 15.0. The third-order valence-electron chi connectivity index (χ3n) is 18.7. The van der Waals surface area contributed by atoms with E-state index in [0.29, 0.717) is 45.3 Å². The van der Waals surface area contributed by atoms with Gasteiger partial charge in [-0.25, -0.2) is 15.0 Å². The molecule has 0 spiro atoms. The summed E-state index contributed by atoms with van der Waals surface area (Å²) in [5, 5.41) is 36.2. The van der Waals surface area contributed by atoms with Crippen LogP contribution in [0.5, 0.6) is 0 Å². The molecule has 3 aromatic heterocycles. The van der Waals surface area contributed by atoms with Crippen LogP contribution in [0.1, 0.15) is 16.7 Å². The molecule has 17 rings (SSSR count). The van der Waals surface area contributed by atoms with Crippen LogP contribution in [0, 0.1) is 34.0 Å². The van der Waals surface area contributed by atoms with Crippen LogP contribution in [-0.2, 0) is 0 Å². The fraction of sp³-hybridized carbons (Fsp3) is 0. The predicted octanol–water partition coefficient (Wildman–Crippen LogP) is 22.4. The zero-order valence-electron chi connectivity index (χ0n) is 52.8. The van der Waals surface area contributed by atoms with E-state index in [4.69, 9.17) is 15.0 Å². The molecule has 0 amide bonds. The van der Waals surface area contributed by atoms with Gasteiger partial charge in [0.1, 0.15) is 0 Å². The van der Waals surface area contributed by atoms with E-state index in [-0.39, 0.29) is 0 Å². The minimum absolute atomic E-state index is 0.392. The minimum Gasteiger partial charge on any atom is -0.309 e. The van der Waals surface area contributed by atoms with Gasteiger partial charge in [-0.3, -0.25) is 0 Å². The number of nitrogens with zero attached hydrogens (tertiary/aromatic N) is 8. The zero-order chi connectivity index (χ0) is 65.6. The summed E-state index contributed by atoms with van der Waals surface area (Å²) in [5.41, 5.74) is 23.0. The summed E-state index contributed by atoms with van der Waals surface area (Å²) in [7, 11) is 0. The largest absolute Gasteiger partial charge is 0.309 e. The summed E-state index contributed by atoms with van der Waals surface area (Å²) < 4.78 is 4.63. The number of fused-ring (bicyclic) bond motifs is 6. The third-order valence-corrected chi connectivity index (χ3v) is 18.7. The van der Waals surface area contributed by atoms with Crippen LogP contribution in [0.3, 0.4) is 0 Å². The van der Waals surface area contributed by atoms with Gasteiger partial charge in [-0.2, -0.15) is 15.8 Å². The average molecular weight is 1250 g/mol. The van der Waals surface area contributed by atoms with Gasteiger partial charge in [-0.15, -0.1) is 0 Å². The number of hydrogen-bond acceptors (Lipinski definition) is 6. The molecule has 98 heavy (non-hydrogen) atoms. The first-order chi connectivity index (χ1) is 48.4. The number of hydrogen-bond donors (Lipinski definition) is 0. The maximum atomic E-state index is 10.8. The molecule has 17 aromatic rings. The first-order valence-corrected chi connectivity index (χ1v) is 32.5. The van der Waals surface area contributed by atoms with Crippen LogP contribution in [0.2, 0.25) is 0 Å². The van der Waals surface area contributed by atoms with Gasteiger partial charge in [0, 0.05) is 49.6 Å². The number of aromatic nitrogens is 5.